The van der Waals surface area contributed by atoms with Gasteiger partial charge in [-0.2, -0.15) is 0 Å². The largest absolute Gasteiger partial charge is 0.490 e. The number of anilines is 2. The van der Waals surface area contributed by atoms with Gasteiger partial charge < -0.3 is 20.1 Å². The Hall–Kier alpha value is -3.27. The van der Waals surface area contributed by atoms with E-state index in [0.29, 0.717) is 41.0 Å². The van der Waals surface area contributed by atoms with E-state index in [9.17, 15) is 13.2 Å². The highest BCUT2D eigenvalue weighted by atomic mass is 35.5. The number of hydrogen-bond acceptors (Lipinski definition) is 6. The molecule has 0 bridgehead atoms. The fourth-order valence-electron chi connectivity index (χ4n) is 3.03. The number of amides is 1. The lowest BCUT2D eigenvalue weighted by Gasteiger charge is -2.16. The van der Waals surface area contributed by atoms with Crippen molar-refractivity contribution in [1.29, 1.82) is 0 Å². The molecule has 0 unspecified atom stereocenters. The number of sulfonamides is 1. The normalized spacial score (nSPS) is 11.1. The Kier molecular flexibility index (Phi) is 8.38. The number of halogens is 1. The molecule has 34 heavy (non-hydrogen) atoms. The smallest absolute Gasteiger partial charge is 0.262 e. The van der Waals surface area contributed by atoms with Crippen LogP contribution >= 0.6 is 11.6 Å². The van der Waals surface area contributed by atoms with Crippen LogP contribution in [0.25, 0.3) is 0 Å². The van der Waals surface area contributed by atoms with E-state index < -0.39 is 10.0 Å². The maximum Gasteiger partial charge on any atom is 0.262 e. The predicted octanol–water partition coefficient (Wildman–Crippen LogP) is 4.32. The molecule has 0 saturated carbocycles. The lowest BCUT2D eigenvalue weighted by molar-refractivity contribution is -0.118. The molecule has 0 aliphatic carbocycles. The summed E-state index contributed by atoms with van der Waals surface area (Å²) in [7, 11) is -3.75. The number of aryl methyl sites for hydroxylation is 1. The molecule has 180 valence electrons. The second kappa shape index (κ2) is 11.2. The van der Waals surface area contributed by atoms with Gasteiger partial charge in [0, 0.05) is 29.0 Å². The van der Waals surface area contributed by atoms with Crippen molar-refractivity contribution >= 4 is 38.9 Å². The fraction of sp³-hybridized carbons (Fsp3) is 0.208. The summed E-state index contributed by atoms with van der Waals surface area (Å²) in [6, 6.07) is 16.9. The van der Waals surface area contributed by atoms with Gasteiger partial charge in [-0.1, -0.05) is 29.3 Å². The van der Waals surface area contributed by atoms with E-state index in [0.717, 1.165) is 11.1 Å². The van der Waals surface area contributed by atoms with Crippen LogP contribution in [-0.2, 0) is 21.4 Å². The minimum absolute atomic E-state index is 0.0302. The van der Waals surface area contributed by atoms with Crippen molar-refractivity contribution in [2.75, 3.05) is 23.8 Å². The van der Waals surface area contributed by atoms with Crippen LogP contribution in [0.4, 0.5) is 11.4 Å². The summed E-state index contributed by atoms with van der Waals surface area (Å²) in [5.74, 6) is 0.500. The maximum atomic E-state index is 12.3. The number of nitrogens with two attached hydrogens (primary N) is 1. The average molecular weight is 504 g/mol. The summed E-state index contributed by atoms with van der Waals surface area (Å²) >= 11 is 6.44. The van der Waals surface area contributed by atoms with E-state index in [1.165, 1.54) is 12.1 Å². The first-order valence-corrected chi connectivity index (χ1v) is 12.4. The Morgan fingerprint density at radius 1 is 0.971 bits per heavy atom. The van der Waals surface area contributed by atoms with Gasteiger partial charge in [-0.05, 0) is 61.9 Å². The second-order valence-corrected chi connectivity index (χ2v) is 9.42. The number of nitrogens with one attached hydrogen (secondary N) is 2. The van der Waals surface area contributed by atoms with Crippen LogP contribution in [0.2, 0.25) is 5.02 Å². The van der Waals surface area contributed by atoms with Crippen molar-refractivity contribution < 1.29 is 22.7 Å². The monoisotopic (exact) mass is 503 g/mol. The van der Waals surface area contributed by atoms with Gasteiger partial charge in [-0.25, -0.2) is 13.6 Å². The molecule has 0 aromatic heterocycles. The van der Waals surface area contributed by atoms with Crippen LogP contribution in [0.15, 0.2) is 65.6 Å². The van der Waals surface area contributed by atoms with E-state index in [-0.39, 0.29) is 17.4 Å². The zero-order valence-corrected chi connectivity index (χ0v) is 20.4. The van der Waals surface area contributed by atoms with Gasteiger partial charge in [-0.15, -0.1) is 0 Å². The number of carbonyl (C=O) groups is 1. The number of primary sulfonamides is 1. The molecule has 0 heterocycles. The van der Waals surface area contributed by atoms with Crippen LogP contribution in [-0.4, -0.2) is 27.5 Å². The zero-order chi connectivity index (χ0) is 24.7. The van der Waals surface area contributed by atoms with E-state index in [1.807, 2.05) is 38.1 Å². The summed E-state index contributed by atoms with van der Waals surface area (Å²) in [5, 5.41) is 11.5. The first-order chi connectivity index (χ1) is 16.2. The van der Waals surface area contributed by atoms with Crippen molar-refractivity contribution in [2.24, 2.45) is 5.14 Å². The molecule has 3 aromatic rings. The van der Waals surface area contributed by atoms with E-state index in [1.54, 1.807) is 24.3 Å². The summed E-state index contributed by atoms with van der Waals surface area (Å²) < 4.78 is 34.1. The molecular weight excluding hydrogens is 478 g/mol. The van der Waals surface area contributed by atoms with Gasteiger partial charge in [0.05, 0.1) is 11.5 Å². The average Bonchev–Trinajstić information content (AvgIpc) is 2.79. The third-order valence-corrected chi connectivity index (χ3v) is 6.05. The molecular formula is C24H26ClN3O5S. The minimum atomic E-state index is -3.75. The third-order valence-electron chi connectivity index (χ3n) is 4.77. The van der Waals surface area contributed by atoms with Crippen LogP contribution < -0.4 is 25.2 Å². The Labute approximate surface area is 204 Å². The summed E-state index contributed by atoms with van der Waals surface area (Å²) in [5.41, 5.74) is 3.20. The first kappa shape index (κ1) is 25.4. The predicted molar refractivity (Wildman–Crippen MR) is 133 cm³/mol. The quantitative estimate of drug-likeness (QED) is 0.379. The third kappa shape index (κ3) is 7.11. The van der Waals surface area contributed by atoms with Crippen molar-refractivity contribution in [3.8, 4) is 11.5 Å². The molecule has 0 aliphatic heterocycles. The Balaban J connectivity index is 1.66. The van der Waals surface area contributed by atoms with E-state index in [4.69, 9.17) is 26.2 Å². The minimum Gasteiger partial charge on any atom is -0.490 e. The topological polar surface area (TPSA) is 120 Å². The Morgan fingerprint density at radius 3 is 2.21 bits per heavy atom. The molecule has 0 saturated heterocycles. The molecule has 10 heteroatoms. The van der Waals surface area contributed by atoms with Gasteiger partial charge in [0.2, 0.25) is 10.0 Å². The number of carbonyl (C=O) groups excluding carboxylic acids is 1. The van der Waals surface area contributed by atoms with Crippen molar-refractivity contribution in [2.45, 2.75) is 25.3 Å². The standard InChI is InChI=1S/C24H26ClN3O5S/c1-3-32-22-12-17(14-27-18-8-10-20(11-9-18)34(26,30)31)21(25)13-23(22)33-15-24(29)28-19-6-4-16(2)5-7-19/h4-13,27H,3,14-15H2,1-2H3,(H,28,29)(H2,26,30,31). The summed E-state index contributed by atoms with van der Waals surface area (Å²) in [6.07, 6.45) is 0. The van der Waals surface area contributed by atoms with E-state index in [2.05, 4.69) is 10.6 Å². The highest BCUT2D eigenvalue weighted by molar-refractivity contribution is 7.89. The van der Waals surface area contributed by atoms with Crippen LogP contribution in [0.5, 0.6) is 11.5 Å². The number of benzene rings is 3. The number of hydrogen-bond donors (Lipinski definition) is 3. The van der Waals surface area contributed by atoms with Gasteiger partial charge in [0.25, 0.3) is 5.91 Å². The molecule has 0 fully saturated rings. The van der Waals surface area contributed by atoms with Crippen molar-refractivity contribution in [3.05, 3.63) is 76.8 Å². The van der Waals surface area contributed by atoms with Crippen LogP contribution in [0.1, 0.15) is 18.1 Å². The number of rotatable bonds is 10. The molecule has 0 atom stereocenters. The SMILES string of the molecule is CCOc1cc(CNc2ccc(S(N)(=O)=O)cc2)c(Cl)cc1OCC(=O)Nc1ccc(C)cc1. The van der Waals surface area contributed by atoms with Gasteiger partial charge in [0.15, 0.2) is 18.1 Å². The Bertz CT molecular complexity index is 1250. The van der Waals surface area contributed by atoms with Crippen molar-refractivity contribution in [3.63, 3.8) is 0 Å². The van der Waals surface area contributed by atoms with Gasteiger partial charge >= 0.3 is 0 Å². The zero-order valence-electron chi connectivity index (χ0n) is 18.8. The van der Waals surface area contributed by atoms with Crippen molar-refractivity contribution in [1.82, 2.24) is 0 Å². The molecule has 8 nitrogen and oxygen atoms in total. The summed E-state index contributed by atoms with van der Waals surface area (Å²) in [6.45, 7) is 4.35. The van der Waals surface area contributed by atoms with Gasteiger partial charge in [0.1, 0.15) is 0 Å². The van der Waals surface area contributed by atoms with Crippen LogP contribution in [0, 0.1) is 6.92 Å². The molecule has 1 amide bonds. The number of ether oxygens (including phenoxy) is 2. The Morgan fingerprint density at radius 2 is 1.59 bits per heavy atom. The van der Waals surface area contributed by atoms with Crippen LogP contribution in [0.3, 0.4) is 0 Å². The maximum absolute atomic E-state index is 12.3. The molecule has 0 radical (unpaired) electrons. The highest BCUT2D eigenvalue weighted by Gasteiger charge is 2.14. The molecule has 3 aromatic carbocycles. The fourth-order valence-corrected chi connectivity index (χ4v) is 3.77. The molecule has 0 aliphatic rings. The molecule has 3 rings (SSSR count). The lowest BCUT2D eigenvalue weighted by Crippen LogP contribution is -2.20. The second-order valence-electron chi connectivity index (χ2n) is 7.45. The molecule has 0 spiro atoms. The first-order valence-electron chi connectivity index (χ1n) is 10.5. The molecule has 4 N–H and O–H groups in total. The lowest BCUT2D eigenvalue weighted by atomic mass is 10.2. The summed E-state index contributed by atoms with van der Waals surface area (Å²) in [4.78, 5) is 12.3. The van der Waals surface area contributed by atoms with Gasteiger partial charge in [-0.3, -0.25) is 4.79 Å². The highest BCUT2D eigenvalue weighted by Crippen LogP contribution is 2.34. The van der Waals surface area contributed by atoms with E-state index >= 15 is 0 Å².